The van der Waals surface area contributed by atoms with Crippen LogP contribution < -0.4 is 0 Å². The van der Waals surface area contributed by atoms with Crippen LogP contribution in [0.15, 0.2) is 74.6 Å². The quantitative estimate of drug-likeness (QED) is 0.350. The summed E-state index contributed by atoms with van der Waals surface area (Å²) in [4.78, 5) is 0. The van der Waals surface area contributed by atoms with Crippen molar-refractivity contribution in [2.75, 3.05) is 0 Å². The van der Waals surface area contributed by atoms with Gasteiger partial charge in [-0.3, -0.25) is 0 Å². The van der Waals surface area contributed by atoms with Crippen molar-refractivity contribution >= 4 is 37.8 Å². The van der Waals surface area contributed by atoms with Crippen LogP contribution in [-0.4, -0.2) is 6.88 Å². The zero-order valence-electron chi connectivity index (χ0n) is 19.0. The van der Waals surface area contributed by atoms with Crippen LogP contribution >= 0.6 is 24.8 Å². The minimum Gasteiger partial charge on any atom is -0.147 e. The van der Waals surface area contributed by atoms with Gasteiger partial charge in [-0.1, -0.05) is 0 Å². The molecule has 0 bridgehead atoms. The second-order valence-electron chi connectivity index (χ2n) is 9.98. The maximum absolute atomic E-state index is 3.25. The summed E-state index contributed by atoms with van der Waals surface area (Å²) in [6, 6.07) is 17.8. The maximum atomic E-state index is 2.69. The first-order chi connectivity index (χ1) is 13.1. The number of benzene rings is 2. The molecule has 2 aliphatic rings. The zero-order chi connectivity index (χ0) is 20.3. The van der Waals surface area contributed by atoms with Crippen LogP contribution in [-0.2, 0) is 17.4 Å². The van der Waals surface area contributed by atoms with E-state index in [1.54, 1.807) is 16.7 Å². The smallest absolute Gasteiger partial charge is 0.147 e. The molecule has 0 heterocycles. The number of allylic oxidation sites excluding steroid dienone is 5. The summed E-state index contributed by atoms with van der Waals surface area (Å²) in [5, 5.41) is 0. The second-order valence-corrected chi connectivity index (χ2v) is 39.4. The molecule has 0 N–H and O–H groups in total. The van der Waals surface area contributed by atoms with Crippen LogP contribution in [0.5, 0.6) is 0 Å². The van der Waals surface area contributed by atoms with Crippen molar-refractivity contribution in [2.24, 2.45) is 5.92 Å². The molecule has 0 spiro atoms. The van der Waals surface area contributed by atoms with Crippen molar-refractivity contribution in [3.8, 4) is 11.1 Å². The predicted molar refractivity (Wildman–Crippen MR) is 139 cm³/mol. The van der Waals surface area contributed by atoms with Gasteiger partial charge < -0.3 is 0 Å². The molecule has 0 aromatic heterocycles. The van der Waals surface area contributed by atoms with E-state index >= 15 is 0 Å². The topological polar surface area (TPSA) is 0 Å². The molecular formula is C26H34Cl2SiZr. The fourth-order valence-corrected chi connectivity index (χ4v) is 28.0. The van der Waals surface area contributed by atoms with Gasteiger partial charge >= 0.3 is 174 Å². The van der Waals surface area contributed by atoms with Crippen LogP contribution in [0.1, 0.15) is 42.4 Å². The standard InChI is InChI=1S/C16H13.C8H11.2CH3.2ClH.H2Si.Zr/c1-12-10-14-8-5-9-15(16(14)11-12)13-6-3-2-4-7-13;1-6-4-7(2)8(3)5-6;;;;;;/h2-11H,1H3;4,6H,1-3H3;2*1H3;2*1H;1H2;. The number of rotatable bonds is 3. The van der Waals surface area contributed by atoms with Gasteiger partial charge in [0.1, 0.15) is 0 Å². The van der Waals surface area contributed by atoms with Crippen molar-refractivity contribution in [1.82, 2.24) is 0 Å². The summed E-state index contributed by atoms with van der Waals surface area (Å²) in [5.41, 5.74) is 10.4. The largest absolute Gasteiger partial charge is 0.147 e. The van der Waals surface area contributed by atoms with Crippen molar-refractivity contribution < 1.29 is 17.4 Å². The molecule has 0 radical (unpaired) electrons. The molecule has 2 unspecified atom stereocenters. The molecule has 2 aliphatic carbocycles. The van der Waals surface area contributed by atoms with Gasteiger partial charge in [-0.25, -0.2) is 0 Å². The monoisotopic (exact) mass is 534 g/mol. The van der Waals surface area contributed by atoms with Gasteiger partial charge in [-0.15, -0.1) is 24.8 Å². The van der Waals surface area contributed by atoms with E-state index in [9.17, 15) is 0 Å². The fraction of sp³-hybridized carbons (Fsp3) is 0.308. The predicted octanol–water partition coefficient (Wildman–Crippen LogP) is 7.86. The van der Waals surface area contributed by atoms with Gasteiger partial charge in [0.15, 0.2) is 0 Å². The summed E-state index contributed by atoms with van der Waals surface area (Å²) >= 11 is -3.25. The molecule has 30 heavy (non-hydrogen) atoms. The third-order valence-corrected chi connectivity index (χ3v) is 24.6. The van der Waals surface area contributed by atoms with Gasteiger partial charge in [0.05, 0.1) is 0 Å². The fourth-order valence-electron chi connectivity index (χ4n) is 6.31. The van der Waals surface area contributed by atoms with E-state index in [2.05, 4.69) is 105 Å². The van der Waals surface area contributed by atoms with Gasteiger partial charge in [-0.05, 0) is 0 Å². The van der Waals surface area contributed by atoms with Crippen LogP contribution in [0, 0.1) is 5.92 Å². The van der Waals surface area contributed by atoms with Crippen LogP contribution in [0.2, 0.25) is 9.26 Å². The molecule has 2 atom stereocenters. The van der Waals surface area contributed by atoms with Gasteiger partial charge in [0.25, 0.3) is 0 Å². The molecule has 0 fully saturated rings. The molecule has 0 nitrogen and oxygen atoms in total. The Morgan fingerprint density at radius 3 is 2.07 bits per heavy atom. The number of halogens is 2. The van der Waals surface area contributed by atoms with Crippen LogP contribution in [0.3, 0.4) is 0 Å². The molecule has 0 saturated carbocycles. The molecule has 0 aliphatic heterocycles. The number of fused-ring (bicyclic) bond motifs is 1. The SMILES string of the molecule is CC1=CC(C)[C]([Zr]([CH3])([CH3])(=[SiH2])[CH]2C(C)=Cc3c(-c4ccccc4)cccc32)=C1C.Cl.Cl. The first-order valence-electron chi connectivity index (χ1n) is 10.4. The van der Waals surface area contributed by atoms with Crippen molar-refractivity contribution in [3.63, 3.8) is 0 Å². The number of hydrogen-bond acceptors (Lipinski definition) is 0. The van der Waals surface area contributed by atoms with Crippen molar-refractivity contribution in [1.29, 1.82) is 0 Å². The Morgan fingerprint density at radius 2 is 1.50 bits per heavy atom. The molecule has 4 rings (SSSR count). The van der Waals surface area contributed by atoms with E-state index in [0.29, 0.717) is 9.54 Å². The van der Waals surface area contributed by atoms with Gasteiger partial charge in [0, 0.05) is 0 Å². The Labute approximate surface area is 197 Å². The van der Waals surface area contributed by atoms with E-state index in [-0.39, 0.29) is 24.8 Å². The van der Waals surface area contributed by atoms with Crippen molar-refractivity contribution in [3.05, 3.63) is 85.7 Å². The van der Waals surface area contributed by atoms with E-state index < -0.39 is 17.4 Å². The minimum atomic E-state index is -3.25. The Hall–Kier alpha value is -0.660. The number of hydrogen-bond donors (Lipinski definition) is 0. The first kappa shape index (κ1) is 25.6. The molecule has 0 saturated heterocycles. The summed E-state index contributed by atoms with van der Waals surface area (Å²) in [5.74, 6) is 0.590. The summed E-state index contributed by atoms with van der Waals surface area (Å²) < 4.78 is 7.79. The first-order valence-corrected chi connectivity index (χ1v) is 23.9. The molecule has 2 aromatic rings. The van der Waals surface area contributed by atoms with E-state index in [0.717, 1.165) is 0 Å². The molecule has 4 heteroatoms. The Balaban J connectivity index is 0.00000160. The summed E-state index contributed by atoms with van der Waals surface area (Å²) in [6.45, 7) is 11.9. The average molecular weight is 537 g/mol. The minimum absolute atomic E-state index is 0. The van der Waals surface area contributed by atoms with Gasteiger partial charge in [-0.2, -0.15) is 0 Å². The molecule has 2 aromatic carbocycles. The Kier molecular flexibility index (Phi) is 7.43. The van der Waals surface area contributed by atoms with E-state index in [1.165, 1.54) is 22.3 Å². The molecular weight excluding hydrogens is 503 g/mol. The third kappa shape index (κ3) is 3.95. The Morgan fingerprint density at radius 1 is 0.867 bits per heavy atom. The maximum Gasteiger partial charge on any atom is -0.147 e. The Bertz CT molecular complexity index is 1130. The van der Waals surface area contributed by atoms with E-state index in [1.807, 2.05) is 3.28 Å². The molecule has 160 valence electrons. The normalized spacial score (nSPS) is 20.8. The van der Waals surface area contributed by atoms with Crippen molar-refractivity contribution in [2.45, 2.75) is 40.6 Å². The summed E-state index contributed by atoms with van der Waals surface area (Å²) in [7, 11) is 0. The van der Waals surface area contributed by atoms with Gasteiger partial charge in [0.2, 0.25) is 0 Å². The average Bonchev–Trinajstić information content (AvgIpc) is 3.11. The molecule has 0 amide bonds. The van der Waals surface area contributed by atoms with Crippen LogP contribution in [0.25, 0.3) is 17.2 Å². The van der Waals surface area contributed by atoms with E-state index in [4.69, 9.17) is 0 Å². The second kappa shape index (κ2) is 8.70. The summed E-state index contributed by atoms with van der Waals surface area (Å²) in [6.07, 6.45) is 4.99. The van der Waals surface area contributed by atoms with Crippen LogP contribution in [0.4, 0.5) is 0 Å². The third-order valence-electron chi connectivity index (χ3n) is 7.12. The zero-order valence-corrected chi connectivity index (χ0v) is 24.5.